The van der Waals surface area contributed by atoms with E-state index in [4.69, 9.17) is 5.84 Å². The summed E-state index contributed by atoms with van der Waals surface area (Å²) < 4.78 is 0. The molecule has 2 saturated carbocycles. The van der Waals surface area contributed by atoms with E-state index >= 15 is 0 Å². The maximum absolute atomic E-state index is 5.63. The number of nitrogens with two attached hydrogens (primary N) is 1. The van der Waals surface area contributed by atoms with Crippen LogP contribution in [0.1, 0.15) is 75.7 Å². The normalized spacial score (nSPS) is 21.6. The molecule has 0 saturated heterocycles. The zero-order valence-electron chi connectivity index (χ0n) is 13.2. The Morgan fingerprint density at radius 1 is 0.857 bits per heavy atom. The quantitative estimate of drug-likeness (QED) is 0.588. The molecule has 2 aliphatic rings. The second-order valence-electron chi connectivity index (χ2n) is 7.09. The highest BCUT2D eigenvalue weighted by Gasteiger charge is 2.32. The number of hydrogen-bond acceptors (Lipinski definition) is 2. The maximum atomic E-state index is 5.63. The summed E-state index contributed by atoms with van der Waals surface area (Å²) in [5, 5.41) is 0. The Morgan fingerprint density at radius 3 is 1.95 bits per heavy atom. The Kier molecular flexibility index (Phi) is 5.18. The van der Waals surface area contributed by atoms with Gasteiger partial charge in [-0.05, 0) is 61.1 Å². The standard InChI is InChI=1S/C19H30N2/c20-21-18-13-7-12-17(14-18)19(15-8-3-1-4-9-15)16-10-5-2-6-11-16/h7,12-16,19,21H,1-6,8-11,20H2. The van der Waals surface area contributed by atoms with Gasteiger partial charge in [0.2, 0.25) is 0 Å². The molecule has 0 radical (unpaired) electrons. The Bertz CT molecular complexity index is 413. The van der Waals surface area contributed by atoms with Gasteiger partial charge in [0.05, 0.1) is 0 Å². The molecule has 21 heavy (non-hydrogen) atoms. The molecule has 2 heteroatoms. The first-order valence-electron chi connectivity index (χ1n) is 8.95. The third-order valence-electron chi connectivity index (χ3n) is 5.75. The fourth-order valence-corrected chi connectivity index (χ4v) is 4.75. The van der Waals surface area contributed by atoms with Gasteiger partial charge >= 0.3 is 0 Å². The van der Waals surface area contributed by atoms with Gasteiger partial charge in [-0.2, -0.15) is 0 Å². The first-order valence-corrected chi connectivity index (χ1v) is 8.95. The van der Waals surface area contributed by atoms with Gasteiger partial charge in [0.1, 0.15) is 0 Å². The average molecular weight is 286 g/mol. The molecule has 1 aromatic rings. The van der Waals surface area contributed by atoms with Crippen molar-refractivity contribution >= 4 is 5.69 Å². The van der Waals surface area contributed by atoms with E-state index in [1.165, 1.54) is 69.8 Å². The molecule has 3 rings (SSSR count). The average Bonchev–Trinajstić information content (AvgIpc) is 2.57. The summed E-state index contributed by atoms with van der Waals surface area (Å²) in [6, 6.07) is 8.88. The van der Waals surface area contributed by atoms with E-state index in [1.807, 2.05) is 0 Å². The van der Waals surface area contributed by atoms with E-state index in [2.05, 4.69) is 29.7 Å². The number of benzene rings is 1. The van der Waals surface area contributed by atoms with Gasteiger partial charge in [-0.25, -0.2) is 0 Å². The Balaban J connectivity index is 1.85. The minimum Gasteiger partial charge on any atom is -0.324 e. The monoisotopic (exact) mass is 286 g/mol. The third kappa shape index (κ3) is 3.60. The molecule has 2 fully saturated rings. The van der Waals surface area contributed by atoms with E-state index in [1.54, 1.807) is 0 Å². The lowest BCUT2D eigenvalue weighted by Gasteiger charge is -2.38. The summed E-state index contributed by atoms with van der Waals surface area (Å²) in [4.78, 5) is 0. The van der Waals surface area contributed by atoms with Crippen LogP contribution in [0.3, 0.4) is 0 Å². The smallest absolute Gasteiger partial charge is 0.0487 e. The highest BCUT2D eigenvalue weighted by molar-refractivity contribution is 5.45. The number of anilines is 1. The Labute approximate surface area is 129 Å². The lowest BCUT2D eigenvalue weighted by atomic mass is 9.67. The number of hydrogen-bond donors (Lipinski definition) is 2. The van der Waals surface area contributed by atoms with Gasteiger partial charge in [-0.3, -0.25) is 5.84 Å². The van der Waals surface area contributed by atoms with E-state index in [9.17, 15) is 0 Å². The van der Waals surface area contributed by atoms with Crippen molar-refractivity contribution in [2.75, 3.05) is 5.43 Å². The molecular formula is C19H30N2. The van der Waals surface area contributed by atoms with E-state index < -0.39 is 0 Å². The van der Waals surface area contributed by atoms with Crippen LogP contribution < -0.4 is 11.3 Å². The van der Waals surface area contributed by atoms with Crippen LogP contribution in [0, 0.1) is 11.8 Å². The Hall–Kier alpha value is -1.02. The lowest BCUT2D eigenvalue weighted by molar-refractivity contribution is 0.202. The number of nitrogen functional groups attached to an aromatic ring is 1. The predicted molar refractivity (Wildman–Crippen MR) is 90.1 cm³/mol. The minimum absolute atomic E-state index is 0.763. The molecule has 0 atom stereocenters. The molecule has 3 N–H and O–H groups in total. The van der Waals surface area contributed by atoms with Crippen LogP contribution >= 0.6 is 0 Å². The molecule has 116 valence electrons. The fraction of sp³-hybridized carbons (Fsp3) is 0.684. The minimum atomic E-state index is 0.763. The van der Waals surface area contributed by atoms with Gasteiger partial charge < -0.3 is 5.43 Å². The van der Waals surface area contributed by atoms with Gasteiger partial charge in [0.25, 0.3) is 0 Å². The van der Waals surface area contributed by atoms with Crippen LogP contribution in [0.4, 0.5) is 5.69 Å². The molecule has 0 aromatic heterocycles. The summed E-state index contributed by atoms with van der Waals surface area (Å²) in [6.45, 7) is 0. The van der Waals surface area contributed by atoms with Gasteiger partial charge in [0.15, 0.2) is 0 Å². The van der Waals surface area contributed by atoms with E-state index in [-0.39, 0.29) is 0 Å². The molecule has 0 heterocycles. The molecule has 2 aliphatic carbocycles. The van der Waals surface area contributed by atoms with Crippen molar-refractivity contribution in [3.63, 3.8) is 0 Å². The maximum Gasteiger partial charge on any atom is 0.0487 e. The summed E-state index contributed by atoms with van der Waals surface area (Å²) in [6.07, 6.45) is 14.3. The van der Waals surface area contributed by atoms with Crippen LogP contribution in [0.5, 0.6) is 0 Å². The molecule has 0 amide bonds. The molecule has 0 bridgehead atoms. The zero-order valence-corrected chi connectivity index (χ0v) is 13.2. The molecule has 2 nitrogen and oxygen atoms in total. The van der Waals surface area contributed by atoms with Crippen molar-refractivity contribution in [2.45, 2.75) is 70.1 Å². The molecule has 0 aliphatic heterocycles. The van der Waals surface area contributed by atoms with Crippen molar-refractivity contribution in [1.82, 2.24) is 0 Å². The highest BCUT2D eigenvalue weighted by atomic mass is 15.2. The summed E-state index contributed by atoms with van der Waals surface area (Å²) in [7, 11) is 0. The van der Waals surface area contributed by atoms with E-state index in [0.29, 0.717) is 0 Å². The first kappa shape index (κ1) is 14.9. The van der Waals surface area contributed by atoms with Crippen molar-refractivity contribution in [3.05, 3.63) is 29.8 Å². The van der Waals surface area contributed by atoms with Crippen molar-refractivity contribution in [1.29, 1.82) is 0 Å². The van der Waals surface area contributed by atoms with E-state index in [0.717, 1.165) is 23.4 Å². The third-order valence-corrected chi connectivity index (χ3v) is 5.75. The summed E-state index contributed by atoms with van der Waals surface area (Å²) in [5.41, 5.74) is 5.42. The fourth-order valence-electron chi connectivity index (χ4n) is 4.75. The van der Waals surface area contributed by atoms with Gasteiger partial charge in [-0.15, -0.1) is 0 Å². The summed E-state index contributed by atoms with van der Waals surface area (Å²) in [5.74, 6) is 8.18. The highest BCUT2D eigenvalue weighted by Crippen LogP contribution is 2.45. The molecule has 0 unspecified atom stereocenters. The number of rotatable bonds is 4. The predicted octanol–water partition coefficient (Wildman–Crippen LogP) is 5.22. The number of hydrazine groups is 1. The molecule has 1 aromatic carbocycles. The van der Waals surface area contributed by atoms with Gasteiger partial charge in [0, 0.05) is 5.69 Å². The van der Waals surface area contributed by atoms with Crippen molar-refractivity contribution in [3.8, 4) is 0 Å². The second-order valence-corrected chi connectivity index (χ2v) is 7.09. The SMILES string of the molecule is NNc1cccc(C(C2CCCCC2)C2CCCCC2)c1. The van der Waals surface area contributed by atoms with Crippen molar-refractivity contribution < 1.29 is 0 Å². The van der Waals surface area contributed by atoms with Crippen LogP contribution in [-0.4, -0.2) is 0 Å². The largest absolute Gasteiger partial charge is 0.324 e. The topological polar surface area (TPSA) is 38.0 Å². The number of nitrogens with one attached hydrogen (secondary N) is 1. The zero-order chi connectivity index (χ0) is 14.5. The first-order chi connectivity index (χ1) is 10.4. The lowest BCUT2D eigenvalue weighted by Crippen LogP contribution is -2.25. The van der Waals surface area contributed by atoms with Crippen LogP contribution in [0.15, 0.2) is 24.3 Å². The van der Waals surface area contributed by atoms with Crippen molar-refractivity contribution in [2.24, 2.45) is 17.7 Å². The summed E-state index contributed by atoms with van der Waals surface area (Å²) >= 11 is 0. The van der Waals surface area contributed by atoms with Crippen LogP contribution in [-0.2, 0) is 0 Å². The molecule has 0 spiro atoms. The van der Waals surface area contributed by atoms with Crippen LogP contribution in [0.2, 0.25) is 0 Å². The van der Waals surface area contributed by atoms with Crippen LogP contribution in [0.25, 0.3) is 0 Å². The second kappa shape index (κ2) is 7.31. The van der Waals surface area contributed by atoms with Gasteiger partial charge in [-0.1, -0.05) is 50.7 Å². The molecular weight excluding hydrogens is 256 g/mol. The Morgan fingerprint density at radius 2 is 1.43 bits per heavy atom.